The topological polar surface area (TPSA) is 58.1 Å². The van der Waals surface area contributed by atoms with Gasteiger partial charge in [-0.25, -0.2) is 4.98 Å². The summed E-state index contributed by atoms with van der Waals surface area (Å²) in [5.74, 6) is 0.779. The number of thiazole rings is 1. The van der Waals surface area contributed by atoms with E-state index in [4.69, 9.17) is 0 Å². The van der Waals surface area contributed by atoms with Crippen LogP contribution in [0.25, 0.3) is 0 Å². The Kier molecular flexibility index (Phi) is 8.81. The van der Waals surface area contributed by atoms with Gasteiger partial charge in [0.2, 0.25) is 5.91 Å². The number of amides is 1. The molecular formula is C26H35F3N4OS. The molecule has 2 aromatic rings. The zero-order valence-electron chi connectivity index (χ0n) is 20.4. The number of aromatic nitrogens is 2. The van der Waals surface area contributed by atoms with Crippen molar-refractivity contribution in [1.82, 2.24) is 20.2 Å². The molecule has 0 saturated heterocycles. The number of aryl methyl sites for hydroxylation is 2. The molecule has 3 heterocycles. The van der Waals surface area contributed by atoms with Gasteiger partial charge in [-0.3, -0.25) is 9.78 Å². The molecule has 1 aliphatic heterocycles. The zero-order valence-corrected chi connectivity index (χ0v) is 21.2. The molecule has 2 aromatic heterocycles. The normalized spacial score (nSPS) is 21.4. The Hall–Kier alpha value is -2.00. The van der Waals surface area contributed by atoms with E-state index in [2.05, 4.69) is 20.2 Å². The lowest BCUT2D eigenvalue weighted by Gasteiger charge is -2.30. The number of nitrogens with zero attached hydrogens (tertiary/aromatic N) is 3. The summed E-state index contributed by atoms with van der Waals surface area (Å²) < 4.78 is 37.6. The van der Waals surface area contributed by atoms with Gasteiger partial charge in [0.05, 0.1) is 11.4 Å². The molecule has 9 heteroatoms. The van der Waals surface area contributed by atoms with E-state index >= 15 is 0 Å². The number of carbonyl (C=O) groups is 1. The molecule has 0 aromatic carbocycles. The Morgan fingerprint density at radius 3 is 2.66 bits per heavy atom. The van der Waals surface area contributed by atoms with E-state index in [1.54, 1.807) is 23.6 Å². The molecule has 0 bridgehead atoms. The third-order valence-corrected chi connectivity index (χ3v) is 8.14. The van der Waals surface area contributed by atoms with Crippen LogP contribution < -0.4 is 5.32 Å². The van der Waals surface area contributed by atoms with E-state index in [9.17, 15) is 18.0 Å². The summed E-state index contributed by atoms with van der Waals surface area (Å²) in [5.41, 5.74) is 2.69. The largest absolute Gasteiger partial charge is 0.389 e. The van der Waals surface area contributed by atoms with Crippen molar-refractivity contribution in [3.63, 3.8) is 0 Å². The standard InChI is InChI=1S/C26H35F3N4OS/c1-18-30-17-23(35-18)16-25(34)32-21-5-2-19(3-6-21)9-13-33-14-10-20-4-7-22(8-12-26(27,28)29)31-24(20)11-15-33/h4,7,17,19,21H,2-3,5-6,8-16H2,1H3,(H,32,34). The van der Waals surface area contributed by atoms with E-state index in [1.165, 1.54) is 5.56 Å². The van der Waals surface area contributed by atoms with Gasteiger partial charge in [-0.05, 0) is 76.0 Å². The minimum Gasteiger partial charge on any atom is -0.353 e. The Labute approximate surface area is 209 Å². The van der Waals surface area contributed by atoms with Gasteiger partial charge in [0.25, 0.3) is 0 Å². The maximum absolute atomic E-state index is 12.5. The maximum atomic E-state index is 12.5. The minimum absolute atomic E-state index is 0.0471. The predicted octanol–water partition coefficient (Wildman–Crippen LogP) is 5.05. The van der Waals surface area contributed by atoms with E-state index < -0.39 is 12.6 Å². The van der Waals surface area contributed by atoms with Crippen molar-refractivity contribution in [2.45, 2.75) is 83.4 Å². The van der Waals surface area contributed by atoms with Crippen LogP contribution in [0.15, 0.2) is 18.3 Å². The number of fused-ring (bicyclic) bond motifs is 1. The molecule has 1 saturated carbocycles. The van der Waals surface area contributed by atoms with Crippen LogP contribution in [0.3, 0.4) is 0 Å². The Morgan fingerprint density at radius 2 is 1.94 bits per heavy atom. The molecule has 4 rings (SSSR count). The van der Waals surface area contributed by atoms with Gasteiger partial charge < -0.3 is 10.2 Å². The maximum Gasteiger partial charge on any atom is 0.389 e. The lowest BCUT2D eigenvalue weighted by atomic mass is 9.84. The summed E-state index contributed by atoms with van der Waals surface area (Å²) >= 11 is 1.58. The summed E-state index contributed by atoms with van der Waals surface area (Å²) in [5, 5.41) is 4.19. The van der Waals surface area contributed by atoms with Gasteiger partial charge in [0.1, 0.15) is 0 Å². The van der Waals surface area contributed by atoms with Gasteiger partial charge in [0.15, 0.2) is 0 Å². The van der Waals surface area contributed by atoms with Crippen LogP contribution in [-0.2, 0) is 30.5 Å². The van der Waals surface area contributed by atoms with E-state index in [1.807, 2.05) is 13.0 Å². The van der Waals surface area contributed by atoms with Gasteiger partial charge in [-0.2, -0.15) is 13.2 Å². The molecule has 1 fully saturated rings. The number of hydrogen-bond acceptors (Lipinski definition) is 5. The van der Waals surface area contributed by atoms with Crippen molar-refractivity contribution in [3.05, 3.63) is 45.2 Å². The van der Waals surface area contributed by atoms with Crippen LogP contribution >= 0.6 is 11.3 Å². The summed E-state index contributed by atoms with van der Waals surface area (Å²) in [4.78, 5) is 24.6. The van der Waals surface area contributed by atoms with Crippen molar-refractivity contribution in [2.24, 2.45) is 5.92 Å². The third-order valence-electron chi connectivity index (χ3n) is 7.22. The number of carbonyl (C=O) groups excluding carboxylic acids is 1. The number of hydrogen-bond donors (Lipinski definition) is 1. The number of rotatable bonds is 8. The van der Waals surface area contributed by atoms with Crippen LogP contribution in [-0.4, -0.2) is 52.6 Å². The number of nitrogens with one attached hydrogen (secondary N) is 1. The molecule has 0 spiro atoms. The van der Waals surface area contributed by atoms with Crippen molar-refractivity contribution in [1.29, 1.82) is 0 Å². The lowest BCUT2D eigenvalue weighted by molar-refractivity contribution is -0.134. The summed E-state index contributed by atoms with van der Waals surface area (Å²) in [7, 11) is 0. The third kappa shape index (κ3) is 8.27. The second-order valence-corrected chi connectivity index (χ2v) is 11.3. The van der Waals surface area contributed by atoms with Crippen LogP contribution in [0.1, 0.15) is 65.4 Å². The zero-order chi connectivity index (χ0) is 24.8. The van der Waals surface area contributed by atoms with Crippen LogP contribution in [0.5, 0.6) is 0 Å². The summed E-state index contributed by atoms with van der Waals surface area (Å²) in [6.45, 7) is 4.87. The predicted molar refractivity (Wildman–Crippen MR) is 132 cm³/mol. The molecule has 1 N–H and O–H groups in total. The first kappa shape index (κ1) is 26.1. The Bertz CT molecular complexity index is 985. The Balaban J connectivity index is 1.16. The Morgan fingerprint density at radius 1 is 1.17 bits per heavy atom. The number of pyridine rings is 1. The molecular weight excluding hydrogens is 473 g/mol. The second-order valence-electron chi connectivity index (χ2n) is 9.96. The summed E-state index contributed by atoms with van der Waals surface area (Å²) in [6, 6.07) is 4.01. The molecule has 0 unspecified atom stereocenters. The average Bonchev–Trinajstić information content (AvgIpc) is 3.10. The van der Waals surface area contributed by atoms with Crippen molar-refractivity contribution in [3.8, 4) is 0 Å². The van der Waals surface area contributed by atoms with E-state index in [0.717, 1.165) is 80.2 Å². The highest BCUT2D eigenvalue weighted by Crippen LogP contribution is 2.28. The van der Waals surface area contributed by atoms with Gasteiger partial charge in [-0.15, -0.1) is 11.3 Å². The van der Waals surface area contributed by atoms with Gasteiger partial charge >= 0.3 is 6.18 Å². The highest BCUT2D eigenvalue weighted by Gasteiger charge is 2.27. The SMILES string of the molecule is Cc1ncc(CC(=O)NC2CCC(CCN3CCc4ccc(CCC(F)(F)F)nc4CC3)CC2)s1. The highest BCUT2D eigenvalue weighted by molar-refractivity contribution is 7.11. The molecule has 192 valence electrons. The fraction of sp³-hybridized carbons (Fsp3) is 0.654. The van der Waals surface area contributed by atoms with Crippen molar-refractivity contribution < 1.29 is 18.0 Å². The lowest BCUT2D eigenvalue weighted by Crippen LogP contribution is -2.38. The molecule has 0 radical (unpaired) electrons. The van der Waals surface area contributed by atoms with E-state index in [0.29, 0.717) is 18.0 Å². The fourth-order valence-electron chi connectivity index (χ4n) is 5.19. The van der Waals surface area contributed by atoms with Gasteiger partial charge in [-0.1, -0.05) is 6.07 Å². The monoisotopic (exact) mass is 508 g/mol. The number of alkyl halides is 3. The molecule has 5 nitrogen and oxygen atoms in total. The number of halogens is 3. The minimum atomic E-state index is -4.14. The van der Waals surface area contributed by atoms with Crippen LogP contribution in [0.2, 0.25) is 0 Å². The smallest absolute Gasteiger partial charge is 0.353 e. The summed E-state index contributed by atoms with van der Waals surface area (Å²) in [6.07, 6.45) is 4.42. The van der Waals surface area contributed by atoms with Crippen LogP contribution in [0.4, 0.5) is 13.2 Å². The highest BCUT2D eigenvalue weighted by atomic mass is 32.1. The average molecular weight is 509 g/mol. The quantitative estimate of drug-likeness (QED) is 0.542. The molecule has 35 heavy (non-hydrogen) atoms. The molecule has 0 atom stereocenters. The van der Waals surface area contributed by atoms with Crippen LogP contribution in [0, 0.1) is 12.8 Å². The van der Waals surface area contributed by atoms with Crippen molar-refractivity contribution in [2.75, 3.05) is 19.6 Å². The molecule has 2 aliphatic rings. The molecule has 1 aliphatic carbocycles. The molecule has 1 amide bonds. The fourth-order valence-corrected chi connectivity index (χ4v) is 5.98. The first-order chi connectivity index (χ1) is 16.7. The van der Waals surface area contributed by atoms with Gasteiger partial charge in [0, 0.05) is 54.4 Å². The first-order valence-corrected chi connectivity index (χ1v) is 13.5. The first-order valence-electron chi connectivity index (χ1n) is 12.7. The van der Waals surface area contributed by atoms with E-state index in [-0.39, 0.29) is 18.4 Å². The second kappa shape index (κ2) is 11.8. The van der Waals surface area contributed by atoms with Crippen molar-refractivity contribution >= 4 is 17.2 Å².